The van der Waals surface area contributed by atoms with Crippen molar-refractivity contribution < 1.29 is 4.79 Å². The van der Waals surface area contributed by atoms with E-state index < -0.39 is 0 Å². The molecule has 0 radical (unpaired) electrons. The van der Waals surface area contributed by atoms with Crippen LogP contribution in [0.1, 0.15) is 57.6 Å². The molecule has 2 bridgehead atoms. The van der Waals surface area contributed by atoms with Crippen molar-refractivity contribution >= 4 is 16.6 Å². The smallest absolute Gasteiger partial charge is 0.147 e. The average Bonchev–Trinajstić information content (AvgIpc) is 2.94. The van der Waals surface area contributed by atoms with Crippen LogP contribution in [0.3, 0.4) is 0 Å². The van der Waals surface area contributed by atoms with Crippen LogP contribution in [0.5, 0.6) is 0 Å². The first-order valence-corrected chi connectivity index (χ1v) is 9.08. The number of rotatable bonds is 0. The lowest BCUT2D eigenvalue weighted by atomic mass is 9.40. The summed E-state index contributed by atoms with van der Waals surface area (Å²) < 4.78 is 0. The number of carbonyl (C=O) groups is 1. The molecular weight excluding hydrogens is 292 g/mol. The molecule has 6 rings (SSSR count). The van der Waals surface area contributed by atoms with Crippen LogP contribution in [-0.4, -0.2) is 5.78 Å². The number of hydrogen-bond donors (Lipinski definition) is 0. The molecule has 0 aromatic heterocycles. The topological polar surface area (TPSA) is 17.1 Å². The molecular formula is C23H24O. The lowest BCUT2D eigenvalue weighted by molar-refractivity contribution is -0.143. The van der Waals surface area contributed by atoms with E-state index in [2.05, 4.69) is 71.0 Å². The largest absolute Gasteiger partial charge is 0.298 e. The van der Waals surface area contributed by atoms with Gasteiger partial charge in [-0.05, 0) is 42.7 Å². The van der Waals surface area contributed by atoms with E-state index in [0.29, 0.717) is 11.7 Å². The van der Waals surface area contributed by atoms with Gasteiger partial charge < -0.3 is 0 Å². The van der Waals surface area contributed by atoms with E-state index >= 15 is 0 Å². The molecule has 0 saturated heterocycles. The summed E-state index contributed by atoms with van der Waals surface area (Å²) in [5.74, 6) is 1.23. The summed E-state index contributed by atoms with van der Waals surface area (Å²) in [6.07, 6.45) is 0. The van der Waals surface area contributed by atoms with Crippen molar-refractivity contribution in [2.24, 2.45) is 16.7 Å². The zero-order chi connectivity index (χ0) is 17.0. The van der Waals surface area contributed by atoms with Gasteiger partial charge in [0.15, 0.2) is 0 Å². The highest BCUT2D eigenvalue weighted by atomic mass is 16.1. The zero-order valence-corrected chi connectivity index (χ0v) is 15.1. The molecule has 1 nitrogen and oxygen atoms in total. The van der Waals surface area contributed by atoms with E-state index in [9.17, 15) is 4.79 Å². The number of hydrogen-bond acceptors (Lipinski definition) is 1. The average molecular weight is 316 g/mol. The van der Waals surface area contributed by atoms with Crippen LogP contribution in [0, 0.1) is 16.7 Å². The van der Waals surface area contributed by atoms with Gasteiger partial charge >= 0.3 is 0 Å². The molecule has 0 heterocycles. The van der Waals surface area contributed by atoms with Crippen molar-refractivity contribution in [1.82, 2.24) is 0 Å². The maximum absolute atomic E-state index is 13.4. The Labute approximate surface area is 143 Å². The van der Waals surface area contributed by atoms with Crippen LogP contribution in [0.2, 0.25) is 0 Å². The van der Waals surface area contributed by atoms with Gasteiger partial charge in [0.1, 0.15) is 5.78 Å². The molecule has 0 unspecified atom stereocenters. The Balaban J connectivity index is 1.96. The summed E-state index contributed by atoms with van der Waals surface area (Å²) in [6, 6.07) is 13.4. The van der Waals surface area contributed by atoms with E-state index in [0.717, 1.165) is 0 Å². The Kier molecular flexibility index (Phi) is 2.42. The van der Waals surface area contributed by atoms with Crippen LogP contribution >= 0.6 is 0 Å². The Morgan fingerprint density at radius 3 is 2.08 bits per heavy atom. The number of carbonyl (C=O) groups excluding carboxylic acids is 1. The highest BCUT2D eigenvalue weighted by Crippen LogP contribution is 2.74. The second-order valence-electron chi connectivity index (χ2n) is 8.57. The van der Waals surface area contributed by atoms with E-state index in [-0.39, 0.29) is 22.7 Å². The number of benzene rings is 2. The van der Waals surface area contributed by atoms with Gasteiger partial charge in [0.2, 0.25) is 0 Å². The normalized spacial score (nSPS) is 39.7. The van der Waals surface area contributed by atoms with Crippen LogP contribution in [0.4, 0.5) is 0 Å². The summed E-state index contributed by atoms with van der Waals surface area (Å²) in [6.45, 7) is 11.2. The molecule has 122 valence electrons. The Bertz CT molecular complexity index is 960. The summed E-state index contributed by atoms with van der Waals surface area (Å²) in [5, 5.41) is 2.73. The van der Waals surface area contributed by atoms with Crippen molar-refractivity contribution in [3.63, 3.8) is 0 Å². The fourth-order valence-electron chi connectivity index (χ4n) is 6.51. The second-order valence-corrected chi connectivity index (χ2v) is 8.57. The van der Waals surface area contributed by atoms with Gasteiger partial charge in [-0.1, -0.05) is 61.4 Å². The summed E-state index contributed by atoms with van der Waals surface area (Å²) >= 11 is 0. The lowest BCUT2D eigenvalue weighted by Crippen LogP contribution is -2.59. The molecule has 0 amide bonds. The first kappa shape index (κ1) is 14.5. The molecule has 0 N–H and O–H groups in total. The van der Waals surface area contributed by atoms with Gasteiger partial charge in [-0.3, -0.25) is 4.79 Å². The summed E-state index contributed by atoms with van der Waals surface area (Å²) in [4.78, 5) is 13.4. The highest BCUT2D eigenvalue weighted by Gasteiger charge is 2.68. The van der Waals surface area contributed by atoms with Gasteiger partial charge in [-0.15, -0.1) is 0 Å². The summed E-state index contributed by atoms with van der Waals surface area (Å²) in [5.41, 5.74) is 5.19. The molecule has 1 heteroatoms. The van der Waals surface area contributed by atoms with Crippen molar-refractivity contribution in [1.29, 1.82) is 0 Å². The van der Waals surface area contributed by atoms with Crippen molar-refractivity contribution in [3.8, 4) is 0 Å². The third-order valence-corrected chi connectivity index (χ3v) is 8.19. The van der Waals surface area contributed by atoms with Crippen LogP contribution < -0.4 is 0 Å². The molecule has 1 saturated carbocycles. The molecule has 24 heavy (non-hydrogen) atoms. The second kappa shape index (κ2) is 4.02. The van der Waals surface area contributed by atoms with Gasteiger partial charge in [-0.2, -0.15) is 0 Å². The lowest BCUT2D eigenvalue weighted by Gasteiger charge is -2.61. The standard InChI is InChI=1S/C23H24O/c1-12-13(2)23(5)20-17-11-7-9-15-8-6-10-16(18(15)17)19(20)22(12,4)14(3)21(23)24/h6-11,14,19-20H,1-5H3/t14-,19-,20+,22+,23-/m1/s1. The number of ketones is 1. The molecule has 0 spiro atoms. The zero-order valence-electron chi connectivity index (χ0n) is 15.1. The monoisotopic (exact) mass is 316 g/mol. The number of Topliss-reactive ketones (excluding diaryl/α,β-unsaturated/α-hetero) is 1. The maximum Gasteiger partial charge on any atom is 0.147 e. The van der Waals surface area contributed by atoms with E-state index in [1.54, 1.807) is 0 Å². The van der Waals surface area contributed by atoms with Gasteiger partial charge in [-0.25, -0.2) is 0 Å². The van der Waals surface area contributed by atoms with E-state index in [4.69, 9.17) is 0 Å². The predicted octanol–water partition coefficient (Wildman–Crippen LogP) is 5.60. The Morgan fingerprint density at radius 1 is 0.875 bits per heavy atom. The highest BCUT2D eigenvalue weighted by molar-refractivity contribution is 6.00. The fourth-order valence-corrected chi connectivity index (χ4v) is 6.51. The Hall–Kier alpha value is -1.89. The van der Waals surface area contributed by atoms with Crippen molar-refractivity contribution in [2.75, 3.05) is 0 Å². The SMILES string of the molecule is CC1=C(C)[C@@]2(C)[C@H](C)C(=O)[C@@]1(C)[C@H]1c3cccc4cccc(c34)[C@H]12. The molecule has 0 aliphatic heterocycles. The van der Waals surface area contributed by atoms with Crippen molar-refractivity contribution in [2.45, 2.75) is 46.5 Å². The minimum Gasteiger partial charge on any atom is -0.298 e. The number of allylic oxidation sites excluding steroid dienone is 2. The maximum atomic E-state index is 13.4. The molecule has 4 aliphatic rings. The van der Waals surface area contributed by atoms with Gasteiger partial charge in [0.05, 0.1) is 5.41 Å². The van der Waals surface area contributed by atoms with E-state index in [1.165, 1.54) is 33.0 Å². The first-order chi connectivity index (χ1) is 11.3. The summed E-state index contributed by atoms with van der Waals surface area (Å²) in [7, 11) is 0. The quantitative estimate of drug-likeness (QED) is 0.578. The molecule has 1 fully saturated rings. The number of fused-ring (bicyclic) bond motifs is 1. The Morgan fingerprint density at radius 2 is 1.46 bits per heavy atom. The van der Waals surface area contributed by atoms with Crippen LogP contribution in [-0.2, 0) is 4.79 Å². The minimum absolute atomic E-state index is 0.0725. The third-order valence-electron chi connectivity index (χ3n) is 8.19. The van der Waals surface area contributed by atoms with Gasteiger partial charge in [0, 0.05) is 23.2 Å². The van der Waals surface area contributed by atoms with Crippen LogP contribution in [0.25, 0.3) is 10.8 Å². The van der Waals surface area contributed by atoms with E-state index in [1.807, 2.05) is 0 Å². The molecule has 4 aliphatic carbocycles. The minimum atomic E-state index is -0.362. The fraction of sp³-hybridized carbons (Fsp3) is 0.435. The van der Waals surface area contributed by atoms with Crippen molar-refractivity contribution in [3.05, 3.63) is 58.7 Å². The van der Waals surface area contributed by atoms with Gasteiger partial charge in [0.25, 0.3) is 0 Å². The molecule has 2 aromatic rings. The first-order valence-electron chi connectivity index (χ1n) is 9.08. The molecule has 2 aromatic carbocycles. The third kappa shape index (κ3) is 1.20. The predicted molar refractivity (Wildman–Crippen MR) is 98.2 cm³/mol. The molecule has 5 atom stereocenters. The van der Waals surface area contributed by atoms with Crippen LogP contribution in [0.15, 0.2) is 47.5 Å².